The molecule has 0 unspecified atom stereocenters. The van der Waals surface area contributed by atoms with Crippen molar-refractivity contribution in [2.24, 2.45) is 0 Å². The van der Waals surface area contributed by atoms with Crippen LogP contribution in [0.25, 0.3) is 6.08 Å². The summed E-state index contributed by atoms with van der Waals surface area (Å²) < 4.78 is 6.35. The number of nitrogens with one attached hydrogen (secondary N) is 1. The maximum atomic E-state index is 11.9. The van der Waals surface area contributed by atoms with E-state index in [1.165, 1.54) is 6.08 Å². The largest absolute Gasteiger partial charge is 0.494 e. The molecule has 0 saturated heterocycles. The summed E-state index contributed by atoms with van der Waals surface area (Å²) in [6.07, 6.45) is 3.29. The van der Waals surface area contributed by atoms with E-state index in [2.05, 4.69) is 21.2 Å². The van der Waals surface area contributed by atoms with Crippen LogP contribution in [0.15, 0.2) is 53.0 Å². The molecular formula is C18H18BrNO2. The van der Waals surface area contributed by atoms with Crippen molar-refractivity contribution in [3.63, 3.8) is 0 Å². The number of aryl methyl sites for hydroxylation is 1. The molecule has 22 heavy (non-hydrogen) atoms. The molecule has 0 aromatic heterocycles. The monoisotopic (exact) mass is 359 g/mol. The quantitative estimate of drug-likeness (QED) is 0.778. The first kappa shape index (κ1) is 16.3. The zero-order chi connectivity index (χ0) is 15.9. The summed E-state index contributed by atoms with van der Waals surface area (Å²) in [5, 5.41) is 2.83. The van der Waals surface area contributed by atoms with Crippen molar-refractivity contribution in [3.05, 3.63) is 64.1 Å². The minimum Gasteiger partial charge on any atom is -0.494 e. The average Bonchev–Trinajstić information content (AvgIpc) is 2.51. The molecule has 0 aliphatic rings. The molecule has 1 N–H and O–H groups in total. The van der Waals surface area contributed by atoms with Crippen molar-refractivity contribution in [2.45, 2.75) is 13.8 Å². The Morgan fingerprint density at radius 3 is 2.59 bits per heavy atom. The van der Waals surface area contributed by atoms with E-state index in [9.17, 15) is 4.79 Å². The molecule has 2 aromatic carbocycles. The Bertz CT molecular complexity index is 678. The SMILES string of the molecule is CCOc1ccc(/C=C/C(=O)Nc2ccc(C)c(Br)c2)cc1. The van der Waals surface area contributed by atoms with Gasteiger partial charge in [-0.25, -0.2) is 0 Å². The van der Waals surface area contributed by atoms with Gasteiger partial charge in [-0.3, -0.25) is 4.79 Å². The van der Waals surface area contributed by atoms with Gasteiger partial charge in [-0.15, -0.1) is 0 Å². The van der Waals surface area contributed by atoms with Gasteiger partial charge in [0.05, 0.1) is 6.61 Å². The second-order valence-corrected chi connectivity index (χ2v) is 5.64. The molecule has 0 fully saturated rings. The number of ether oxygens (including phenoxy) is 1. The van der Waals surface area contributed by atoms with Crippen LogP contribution in [0.1, 0.15) is 18.1 Å². The van der Waals surface area contributed by atoms with Crippen molar-refractivity contribution < 1.29 is 9.53 Å². The highest BCUT2D eigenvalue weighted by Crippen LogP contribution is 2.20. The maximum Gasteiger partial charge on any atom is 0.248 e. The lowest BCUT2D eigenvalue weighted by Crippen LogP contribution is -2.07. The molecule has 2 aromatic rings. The molecule has 2 rings (SSSR count). The first-order chi connectivity index (χ1) is 10.6. The zero-order valence-corrected chi connectivity index (χ0v) is 14.2. The minimum absolute atomic E-state index is 0.162. The van der Waals surface area contributed by atoms with Crippen LogP contribution in [0.5, 0.6) is 5.75 Å². The Kier molecular flexibility index (Phi) is 5.78. The molecule has 0 heterocycles. The first-order valence-corrected chi connectivity index (χ1v) is 7.86. The number of hydrogen-bond donors (Lipinski definition) is 1. The van der Waals surface area contributed by atoms with Crippen molar-refractivity contribution >= 4 is 33.6 Å². The summed E-state index contributed by atoms with van der Waals surface area (Å²) in [6.45, 7) is 4.59. The lowest BCUT2D eigenvalue weighted by molar-refractivity contribution is -0.111. The number of amides is 1. The molecule has 0 spiro atoms. The molecule has 0 aliphatic heterocycles. The Morgan fingerprint density at radius 1 is 1.23 bits per heavy atom. The van der Waals surface area contributed by atoms with Gasteiger partial charge in [0, 0.05) is 16.2 Å². The third-order valence-corrected chi connectivity index (χ3v) is 3.91. The van der Waals surface area contributed by atoms with Crippen LogP contribution in [0.4, 0.5) is 5.69 Å². The summed E-state index contributed by atoms with van der Waals surface area (Å²) in [5.41, 5.74) is 2.84. The number of carbonyl (C=O) groups is 1. The highest BCUT2D eigenvalue weighted by atomic mass is 79.9. The lowest BCUT2D eigenvalue weighted by atomic mass is 10.2. The summed E-state index contributed by atoms with van der Waals surface area (Å²) in [7, 11) is 0. The number of halogens is 1. The van der Waals surface area contributed by atoms with Gasteiger partial charge in [0.2, 0.25) is 5.91 Å². The van der Waals surface area contributed by atoms with E-state index in [-0.39, 0.29) is 5.91 Å². The van der Waals surface area contributed by atoms with Gasteiger partial charge < -0.3 is 10.1 Å². The molecule has 114 valence electrons. The third-order valence-electron chi connectivity index (χ3n) is 3.06. The summed E-state index contributed by atoms with van der Waals surface area (Å²) in [5.74, 6) is 0.665. The van der Waals surface area contributed by atoms with Crippen molar-refractivity contribution in [2.75, 3.05) is 11.9 Å². The molecule has 0 atom stereocenters. The van der Waals surface area contributed by atoms with Gasteiger partial charge in [-0.2, -0.15) is 0 Å². The van der Waals surface area contributed by atoms with Gasteiger partial charge in [0.15, 0.2) is 0 Å². The van der Waals surface area contributed by atoms with Gasteiger partial charge in [-0.05, 0) is 55.3 Å². The molecular weight excluding hydrogens is 342 g/mol. The number of hydrogen-bond acceptors (Lipinski definition) is 2. The van der Waals surface area contributed by atoms with E-state index in [4.69, 9.17) is 4.74 Å². The molecule has 0 aliphatic carbocycles. The fourth-order valence-electron chi connectivity index (χ4n) is 1.87. The molecule has 0 bridgehead atoms. The first-order valence-electron chi connectivity index (χ1n) is 7.06. The standard InChI is InChI=1S/C18H18BrNO2/c1-3-22-16-9-5-14(6-10-16)7-11-18(21)20-15-8-4-13(2)17(19)12-15/h4-12H,3H2,1-2H3,(H,20,21)/b11-7+. The van der Waals surface area contributed by atoms with E-state index < -0.39 is 0 Å². The van der Waals surface area contributed by atoms with E-state index in [0.29, 0.717) is 6.61 Å². The average molecular weight is 360 g/mol. The Morgan fingerprint density at radius 2 is 1.95 bits per heavy atom. The van der Waals surface area contributed by atoms with Crippen LogP contribution >= 0.6 is 15.9 Å². The fraction of sp³-hybridized carbons (Fsp3) is 0.167. The minimum atomic E-state index is -0.162. The normalized spacial score (nSPS) is 10.7. The summed E-state index contributed by atoms with van der Waals surface area (Å²) >= 11 is 3.45. The Balaban J connectivity index is 1.97. The number of anilines is 1. The van der Waals surface area contributed by atoms with Crippen molar-refractivity contribution in [3.8, 4) is 5.75 Å². The second-order valence-electron chi connectivity index (χ2n) is 4.79. The van der Waals surface area contributed by atoms with Crippen LogP contribution in [0, 0.1) is 6.92 Å². The topological polar surface area (TPSA) is 38.3 Å². The van der Waals surface area contributed by atoms with Crippen LogP contribution in [0.3, 0.4) is 0 Å². The van der Waals surface area contributed by atoms with E-state index in [0.717, 1.165) is 27.0 Å². The Labute approximate surface area is 139 Å². The van der Waals surface area contributed by atoms with Crippen molar-refractivity contribution in [1.82, 2.24) is 0 Å². The van der Waals surface area contributed by atoms with Crippen LogP contribution in [-0.4, -0.2) is 12.5 Å². The third kappa shape index (κ3) is 4.74. The van der Waals surface area contributed by atoms with Gasteiger partial charge in [0.25, 0.3) is 0 Å². The highest BCUT2D eigenvalue weighted by Gasteiger charge is 2.00. The molecule has 1 amide bonds. The molecule has 4 heteroatoms. The van der Waals surface area contributed by atoms with Crippen molar-refractivity contribution in [1.29, 1.82) is 0 Å². The van der Waals surface area contributed by atoms with Gasteiger partial charge in [-0.1, -0.05) is 34.1 Å². The van der Waals surface area contributed by atoms with Crippen LogP contribution in [-0.2, 0) is 4.79 Å². The predicted molar refractivity (Wildman–Crippen MR) is 94.2 cm³/mol. The Hall–Kier alpha value is -2.07. The lowest BCUT2D eigenvalue weighted by Gasteiger charge is -2.05. The number of benzene rings is 2. The van der Waals surface area contributed by atoms with E-state index in [1.54, 1.807) is 6.08 Å². The summed E-state index contributed by atoms with van der Waals surface area (Å²) in [4.78, 5) is 11.9. The predicted octanol–water partition coefficient (Wildman–Crippen LogP) is 4.81. The smallest absolute Gasteiger partial charge is 0.248 e. The van der Waals surface area contributed by atoms with E-state index in [1.807, 2.05) is 56.3 Å². The molecule has 3 nitrogen and oxygen atoms in total. The molecule has 0 radical (unpaired) electrons. The number of carbonyl (C=O) groups excluding carboxylic acids is 1. The fourth-order valence-corrected chi connectivity index (χ4v) is 2.25. The van der Waals surface area contributed by atoms with Crippen LogP contribution in [0.2, 0.25) is 0 Å². The maximum absolute atomic E-state index is 11.9. The van der Waals surface area contributed by atoms with Gasteiger partial charge >= 0.3 is 0 Å². The number of rotatable bonds is 5. The molecule has 0 saturated carbocycles. The van der Waals surface area contributed by atoms with Crippen LogP contribution < -0.4 is 10.1 Å². The van der Waals surface area contributed by atoms with E-state index >= 15 is 0 Å². The van der Waals surface area contributed by atoms with Gasteiger partial charge in [0.1, 0.15) is 5.75 Å². The summed E-state index contributed by atoms with van der Waals surface area (Å²) in [6, 6.07) is 13.3. The highest BCUT2D eigenvalue weighted by molar-refractivity contribution is 9.10. The zero-order valence-electron chi connectivity index (χ0n) is 12.6. The second kappa shape index (κ2) is 7.80.